The normalized spacial score (nSPS) is 12.7. The molecule has 0 spiro atoms. The fraction of sp³-hybridized carbons (Fsp3) is 0.308. The molecule has 0 aliphatic heterocycles. The molecule has 1 aromatic heterocycles. The standard InChI is InChI=1S/C13H15Cl2N3/c1-3-16-13(12-4-5-18(2)17-12)9-6-10(14)8-11(15)7-9/h4-8,13,16H,3H2,1-2H3. The highest BCUT2D eigenvalue weighted by molar-refractivity contribution is 6.34. The van der Waals surface area contributed by atoms with E-state index in [9.17, 15) is 0 Å². The Kier molecular flexibility index (Phi) is 4.27. The monoisotopic (exact) mass is 283 g/mol. The first-order valence-electron chi connectivity index (χ1n) is 5.79. The van der Waals surface area contributed by atoms with Gasteiger partial charge < -0.3 is 5.32 Å². The average Bonchev–Trinajstić information content (AvgIpc) is 2.71. The maximum atomic E-state index is 6.05. The van der Waals surface area contributed by atoms with Crippen LogP contribution in [0.3, 0.4) is 0 Å². The van der Waals surface area contributed by atoms with Gasteiger partial charge in [0.25, 0.3) is 0 Å². The summed E-state index contributed by atoms with van der Waals surface area (Å²) in [5.41, 5.74) is 1.98. The van der Waals surface area contributed by atoms with Crippen molar-refractivity contribution in [2.24, 2.45) is 7.05 Å². The predicted octanol–water partition coefficient (Wildman–Crippen LogP) is 3.43. The van der Waals surface area contributed by atoms with E-state index in [1.807, 2.05) is 31.4 Å². The van der Waals surface area contributed by atoms with Gasteiger partial charge in [-0.2, -0.15) is 5.10 Å². The summed E-state index contributed by atoms with van der Waals surface area (Å²) >= 11 is 12.1. The summed E-state index contributed by atoms with van der Waals surface area (Å²) in [7, 11) is 1.90. The zero-order chi connectivity index (χ0) is 13.1. The molecule has 1 N–H and O–H groups in total. The number of hydrogen-bond acceptors (Lipinski definition) is 2. The Labute approximate surface area is 117 Å². The summed E-state index contributed by atoms with van der Waals surface area (Å²) in [6.07, 6.45) is 1.92. The molecule has 96 valence electrons. The third kappa shape index (κ3) is 3.05. The van der Waals surface area contributed by atoms with E-state index in [1.54, 1.807) is 10.7 Å². The van der Waals surface area contributed by atoms with Crippen molar-refractivity contribution in [1.29, 1.82) is 0 Å². The van der Waals surface area contributed by atoms with Crippen LogP contribution in [-0.2, 0) is 7.05 Å². The van der Waals surface area contributed by atoms with Gasteiger partial charge in [-0.3, -0.25) is 4.68 Å². The third-order valence-corrected chi connectivity index (χ3v) is 3.09. The predicted molar refractivity (Wildman–Crippen MR) is 75.2 cm³/mol. The molecule has 0 bridgehead atoms. The molecule has 1 unspecified atom stereocenters. The van der Waals surface area contributed by atoms with Gasteiger partial charge in [-0.05, 0) is 36.4 Å². The molecule has 0 saturated heterocycles. The molecule has 0 aliphatic carbocycles. The first kappa shape index (κ1) is 13.4. The van der Waals surface area contributed by atoms with Crippen molar-refractivity contribution in [2.45, 2.75) is 13.0 Å². The molecule has 2 rings (SSSR count). The fourth-order valence-corrected chi connectivity index (χ4v) is 2.47. The van der Waals surface area contributed by atoms with E-state index in [-0.39, 0.29) is 6.04 Å². The number of hydrogen-bond donors (Lipinski definition) is 1. The number of halogens is 2. The van der Waals surface area contributed by atoms with Gasteiger partial charge in [0.05, 0.1) is 11.7 Å². The number of aryl methyl sites for hydroxylation is 1. The van der Waals surface area contributed by atoms with Gasteiger partial charge in [0.15, 0.2) is 0 Å². The summed E-state index contributed by atoms with van der Waals surface area (Å²) in [4.78, 5) is 0. The lowest BCUT2D eigenvalue weighted by atomic mass is 10.0. The molecule has 0 amide bonds. The molecule has 0 radical (unpaired) electrons. The second-order valence-electron chi connectivity index (χ2n) is 4.11. The topological polar surface area (TPSA) is 29.9 Å². The van der Waals surface area contributed by atoms with E-state index >= 15 is 0 Å². The second-order valence-corrected chi connectivity index (χ2v) is 4.98. The van der Waals surface area contributed by atoms with Crippen LogP contribution in [0, 0.1) is 0 Å². The minimum absolute atomic E-state index is 0.00685. The van der Waals surface area contributed by atoms with Crippen molar-refractivity contribution in [3.63, 3.8) is 0 Å². The fourth-order valence-electron chi connectivity index (χ4n) is 1.93. The molecule has 1 heterocycles. The summed E-state index contributed by atoms with van der Waals surface area (Å²) in [5, 5.41) is 9.09. The maximum Gasteiger partial charge on any atom is 0.0839 e. The van der Waals surface area contributed by atoms with Crippen LogP contribution in [0.4, 0.5) is 0 Å². The second kappa shape index (κ2) is 5.74. The Balaban J connectivity index is 2.40. The van der Waals surface area contributed by atoms with E-state index in [0.29, 0.717) is 10.0 Å². The van der Waals surface area contributed by atoms with Crippen molar-refractivity contribution in [1.82, 2.24) is 15.1 Å². The minimum Gasteiger partial charge on any atom is -0.305 e. The molecule has 1 aromatic carbocycles. The Morgan fingerprint density at radius 3 is 2.44 bits per heavy atom. The number of nitrogens with one attached hydrogen (secondary N) is 1. The Hall–Kier alpha value is -1.03. The molecule has 0 fully saturated rings. The highest BCUT2D eigenvalue weighted by atomic mass is 35.5. The van der Waals surface area contributed by atoms with Gasteiger partial charge in [0.1, 0.15) is 0 Å². The highest BCUT2D eigenvalue weighted by Crippen LogP contribution is 2.26. The lowest BCUT2D eigenvalue weighted by molar-refractivity contribution is 0.600. The summed E-state index contributed by atoms with van der Waals surface area (Å²) in [5.74, 6) is 0. The zero-order valence-electron chi connectivity index (χ0n) is 10.3. The maximum absolute atomic E-state index is 6.05. The van der Waals surface area contributed by atoms with Gasteiger partial charge in [-0.25, -0.2) is 0 Å². The Morgan fingerprint density at radius 1 is 1.28 bits per heavy atom. The van der Waals surface area contributed by atoms with E-state index in [4.69, 9.17) is 23.2 Å². The van der Waals surface area contributed by atoms with Crippen LogP contribution in [0.5, 0.6) is 0 Å². The van der Waals surface area contributed by atoms with Crippen LogP contribution in [0.25, 0.3) is 0 Å². The molecular weight excluding hydrogens is 269 g/mol. The highest BCUT2D eigenvalue weighted by Gasteiger charge is 2.16. The summed E-state index contributed by atoms with van der Waals surface area (Å²) < 4.78 is 1.78. The Morgan fingerprint density at radius 2 is 1.94 bits per heavy atom. The largest absolute Gasteiger partial charge is 0.305 e. The van der Waals surface area contributed by atoms with Gasteiger partial charge >= 0.3 is 0 Å². The zero-order valence-corrected chi connectivity index (χ0v) is 11.8. The van der Waals surface area contributed by atoms with Crippen molar-refractivity contribution in [3.05, 3.63) is 51.8 Å². The first-order chi connectivity index (χ1) is 8.60. The lowest BCUT2D eigenvalue weighted by Gasteiger charge is -2.16. The molecule has 3 nitrogen and oxygen atoms in total. The van der Waals surface area contributed by atoms with Gasteiger partial charge in [-0.15, -0.1) is 0 Å². The molecule has 18 heavy (non-hydrogen) atoms. The third-order valence-electron chi connectivity index (χ3n) is 2.66. The molecule has 0 saturated carbocycles. The molecule has 5 heteroatoms. The smallest absolute Gasteiger partial charge is 0.0839 e. The van der Waals surface area contributed by atoms with Gasteiger partial charge in [0, 0.05) is 23.3 Å². The summed E-state index contributed by atoms with van der Waals surface area (Å²) in [6.45, 7) is 2.90. The van der Waals surface area contributed by atoms with Crippen molar-refractivity contribution < 1.29 is 0 Å². The number of aromatic nitrogens is 2. The van der Waals surface area contributed by atoms with E-state index < -0.39 is 0 Å². The number of nitrogens with zero attached hydrogens (tertiary/aromatic N) is 2. The van der Waals surface area contributed by atoms with Gasteiger partial charge in [-0.1, -0.05) is 30.1 Å². The molecule has 2 aromatic rings. The summed E-state index contributed by atoms with van der Waals surface area (Å²) in [6, 6.07) is 7.55. The van der Waals surface area contributed by atoms with Crippen molar-refractivity contribution in [2.75, 3.05) is 6.54 Å². The van der Waals surface area contributed by atoms with Crippen LogP contribution in [-0.4, -0.2) is 16.3 Å². The van der Waals surface area contributed by atoms with Crippen LogP contribution >= 0.6 is 23.2 Å². The quantitative estimate of drug-likeness (QED) is 0.932. The van der Waals surface area contributed by atoms with E-state index in [1.165, 1.54) is 0 Å². The van der Waals surface area contributed by atoms with E-state index in [0.717, 1.165) is 17.8 Å². The first-order valence-corrected chi connectivity index (χ1v) is 6.54. The van der Waals surface area contributed by atoms with Crippen molar-refractivity contribution in [3.8, 4) is 0 Å². The lowest BCUT2D eigenvalue weighted by Crippen LogP contribution is -2.22. The molecule has 0 aliphatic rings. The van der Waals surface area contributed by atoms with Crippen molar-refractivity contribution >= 4 is 23.2 Å². The molecule has 1 atom stereocenters. The van der Waals surface area contributed by atoms with E-state index in [2.05, 4.69) is 17.3 Å². The number of rotatable bonds is 4. The molecular formula is C13H15Cl2N3. The minimum atomic E-state index is 0.00685. The SMILES string of the molecule is CCNC(c1cc(Cl)cc(Cl)c1)c1ccn(C)n1. The van der Waals surface area contributed by atoms with Crippen LogP contribution in [0.15, 0.2) is 30.5 Å². The van der Waals surface area contributed by atoms with Crippen LogP contribution in [0.1, 0.15) is 24.2 Å². The van der Waals surface area contributed by atoms with Crippen LogP contribution in [0.2, 0.25) is 10.0 Å². The van der Waals surface area contributed by atoms with Crippen LogP contribution < -0.4 is 5.32 Å². The average molecular weight is 284 g/mol. The Bertz CT molecular complexity index is 517. The number of benzene rings is 1. The van der Waals surface area contributed by atoms with Gasteiger partial charge in [0.2, 0.25) is 0 Å².